The van der Waals surface area contributed by atoms with Crippen LogP contribution in [0.2, 0.25) is 0 Å². The van der Waals surface area contributed by atoms with Crippen molar-refractivity contribution in [3.8, 4) is 5.75 Å². The van der Waals surface area contributed by atoms with Crippen molar-refractivity contribution in [3.05, 3.63) is 53.9 Å². The van der Waals surface area contributed by atoms with Crippen LogP contribution in [0.25, 0.3) is 0 Å². The number of hydrogen-bond donors (Lipinski definition) is 1. The van der Waals surface area contributed by atoms with E-state index in [4.69, 9.17) is 4.74 Å². The number of nitrogens with one attached hydrogen (secondary N) is 1. The van der Waals surface area contributed by atoms with Crippen LogP contribution in [0.3, 0.4) is 0 Å². The molecule has 0 atom stereocenters. The van der Waals surface area contributed by atoms with Gasteiger partial charge in [-0.3, -0.25) is 4.79 Å². The van der Waals surface area contributed by atoms with Crippen LogP contribution in [0.5, 0.6) is 5.75 Å². The van der Waals surface area contributed by atoms with E-state index in [1.54, 1.807) is 31.3 Å². The quantitative estimate of drug-likeness (QED) is 0.916. The van der Waals surface area contributed by atoms with Crippen LogP contribution in [-0.2, 0) is 6.54 Å². The first kappa shape index (κ1) is 14.8. The largest absolute Gasteiger partial charge is 0.496 e. The minimum absolute atomic E-state index is 0.122. The smallest absolute Gasteiger partial charge is 0.272 e. The number of carbonyl (C=O) groups excluding carboxylic acids is 1. The molecule has 2 aromatic rings. The molecule has 0 bridgehead atoms. The predicted molar refractivity (Wildman–Crippen MR) is 82.6 cm³/mol. The van der Waals surface area contributed by atoms with Gasteiger partial charge >= 0.3 is 0 Å². The maximum atomic E-state index is 12.4. The Morgan fingerprint density at radius 1 is 1.29 bits per heavy atom. The molecule has 0 saturated heterocycles. The van der Waals surface area contributed by atoms with Crippen LogP contribution in [0.1, 0.15) is 16.1 Å². The predicted octanol–water partition coefficient (Wildman–Crippen LogP) is 2.40. The summed E-state index contributed by atoms with van der Waals surface area (Å²) in [7, 11) is 5.19. The first-order chi connectivity index (χ1) is 10.2. The summed E-state index contributed by atoms with van der Waals surface area (Å²) in [5, 5.41) is 2.97. The van der Waals surface area contributed by atoms with Crippen LogP contribution in [-0.4, -0.2) is 37.0 Å². The number of benzene rings is 1. The Morgan fingerprint density at radius 2 is 2.05 bits per heavy atom. The third-order valence-corrected chi connectivity index (χ3v) is 3.22. The molecule has 0 aliphatic rings. The number of para-hydroxylation sites is 1. The van der Waals surface area contributed by atoms with Gasteiger partial charge in [-0.2, -0.15) is 0 Å². The molecular formula is C16H19N3O2. The third kappa shape index (κ3) is 3.51. The molecule has 5 nitrogen and oxygen atoms in total. The van der Waals surface area contributed by atoms with Crippen molar-refractivity contribution < 1.29 is 9.53 Å². The number of hydrogen-bond acceptors (Lipinski definition) is 4. The Morgan fingerprint density at radius 3 is 2.67 bits per heavy atom. The Bertz CT molecular complexity index is 611. The summed E-state index contributed by atoms with van der Waals surface area (Å²) >= 11 is 0. The fourth-order valence-corrected chi connectivity index (χ4v) is 2.02. The van der Waals surface area contributed by atoms with Crippen molar-refractivity contribution in [2.24, 2.45) is 0 Å². The van der Waals surface area contributed by atoms with E-state index >= 15 is 0 Å². The van der Waals surface area contributed by atoms with Gasteiger partial charge in [-0.1, -0.05) is 18.2 Å². The maximum absolute atomic E-state index is 12.4. The van der Waals surface area contributed by atoms with Crippen LogP contribution < -0.4 is 10.1 Å². The van der Waals surface area contributed by atoms with E-state index in [0.29, 0.717) is 12.2 Å². The zero-order chi connectivity index (χ0) is 15.2. The van der Waals surface area contributed by atoms with Crippen LogP contribution >= 0.6 is 0 Å². The van der Waals surface area contributed by atoms with Crippen LogP contribution in [0.4, 0.5) is 5.69 Å². The molecule has 1 N–H and O–H groups in total. The van der Waals surface area contributed by atoms with Crippen LogP contribution in [0, 0.1) is 0 Å². The highest BCUT2D eigenvalue weighted by Gasteiger charge is 2.15. The molecule has 1 aromatic heterocycles. The molecule has 1 heterocycles. The average Bonchev–Trinajstić information content (AvgIpc) is 2.54. The zero-order valence-electron chi connectivity index (χ0n) is 12.5. The normalized spacial score (nSPS) is 10.0. The molecule has 110 valence electrons. The molecule has 5 heteroatoms. The maximum Gasteiger partial charge on any atom is 0.272 e. The summed E-state index contributed by atoms with van der Waals surface area (Å²) in [6, 6.07) is 11.2. The number of anilines is 1. The topological polar surface area (TPSA) is 54.5 Å². The van der Waals surface area contributed by atoms with Crippen molar-refractivity contribution in [2.45, 2.75) is 6.54 Å². The Balaban J connectivity index is 2.11. The number of methoxy groups -OCH3 is 1. The number of nitrogens with zero attached hydrogens (tertiary/aromatic N) is 2. The minimum atomic E-state index is -0.122. The fourth-order valence-electron chi connectivity index (χ4n) is 2.02. The number of rotatable bonds is 5. The van der Waals surface area contributed by atoms with Crippen molar-refractivity contribution in [3.63, 3.8) is 0 Å². The van der Waals surface area contributed by atoms with E-state index in [1.165, 1.54) is 0 Å². The highest BCUT2D eigenvalue weighted by molar-refractivity contribution is 5.92. The van der Waals surface area contributed by atoms with Gasteiger partial charge in [0, 0.05) is 26.2 Å². The van der Waals surface area contributed by atoms with Crippen molar-refractivity contribution in [1.29, 1.82) is 0 Å². The molecule has 0 radical (unpaired) electrons. The summed E-state index contributed by atoms with van der Waals surface area (Å²) in [6.45, 7) is 0.471. The van der Waals surface area contributed by atoms with Crippen molar-refractivity contribution in [1.82, 2.24) is 9.88 Å². The molecule has 0 fully saturated rings. The molecule has 0 spiro atoms. The molecule has 0 saturated carbocycles. The van der Waals surface area contributed by atoms with Gasteiger partial charge in [0.05, 0.1) is 19.0 Å². The van der Waals surface area contributed by atoms with E-state index in [1.807, 2.05) is 37.4 Å². The number of pyridine rings is 1. The highest BCUT2D eigenvalue weighted by Crippen LogP contribution is 2.19. The second kappa shape index (κ2) is 6.74. The lowest BCUT2D eigenvalue weighted by Crippen LogP contribution is -2.27. The van der Waals surface area contributed by atoms with Gasteiger partial charge < -0.3 is 15.0 Å². The second-order valence-electron chi connectivity index (χ2n) is 4.66. The first-order valence-corrected chi connectivity index (χ1v) is 6.67. The molecule has 1 aromatic carbocycles. The van der Waals surface area contributed by atoms with Crippen LogP contribution in [0.15, 0.2) is 42.6 Å². The lowest BCUT2D eigenvalue weighted by Gasteiger charge is -2.18. The monoisotopic (exact) mass is 285 g/mol. The van der Waals surface area contributed by atoms with Gasteiger partial charge in [0.2, 0.25) is 0 Å². The standard InChI is InChI=1S/C16H19N3O2/c1-17-13-8-9-14(18-10-13)16(20)19(2)11-12-6-4-5-7-15(12)21-3/h4-10,17H,11H2,1-3H3. The Hall–Kier alpha value is -2.56. The molecular weight excluding hydrogens is 266 g/mol. The average molecular weight is 285 g/mol. The Labute approximate surface area is 124 Å². The Kier molecular flexibility index (Phi) is 4.77. The van der Waals surface area contributed by atoms with E-state index in [2.05, 4.69) is 10.3 Å². The van der Waals surface area contributed by atoms with Gasteiger partial charge in [-0.15, -0.1) is 0 Å². The van der Waals surface area contributed by atoms with Crippen molar-refractivity contribution >= 4 is 11.6 Å². The number of carbonyl (C=O) groups is 1. The van der Waals surface area contributed by atoms with Gasteiger partial charge in [0.1, 0.15) is 11.4 Å². The summed E-state index contributed by atoms with van der Waals surface area (Å²) < 4.78 is 5.30. The lowest BCUT2D eigenvalue weighted by atomic mass is 10.2. The van der Waals surface area contributed by atoms with E-state index in [-0.39, 0.29) is 5.91 Å². The lowest BCUT2D eigenvalue weighted by molar-refractivity contribution is 0.0778. The summed E-state index contributed by atoms with van der Waals surface area (Å²) in [5.41, 5.74) is 2.26. The SMILES string of the molecule is CNc1ccc(C(=O)N(C)Cc2ccccc2OC)nc1. The molecule has 0 unspecified atom stereocenters. The zero-order valence-corrected chi connectivity index (χ0v) is 12.5. The third-order valence-electron chi connectivity index (χ3n) is 3.22. The molecule has 0 aliphatic heterocycles. The minimum Gasteiger partial charge on any atom is -0.496 e. The summed E-state index contributed by atoms with van der Waals surface area (Å²) in [6.07, 6.45) is 1.64. The fraction of sp³-hybridized carbons (Fsp3) is 0.250. The number of ether oxygens (including phenoxy) is 1. The number of aromatic nitrogens is 1. The van der Waals surface area contributed by atoms with E-state index in [0.717, 1.165) is 17.0 Å². The highest BCUT2D eigenvalue weighted by atomic mass is 16.5. The molecule has 0 aliphatic carbocycles. The first-order valence-electron chi connectivity index (χ1n) is 6.67. The van der Waals surface area contributed by atoms with Gasteiger partial charge in [-0.25, -0.2) is 4.98 Å². The number of amides is 1. The molecule has 21 heavy (non-hydrogen) atoms. The summed E-state index contributed by atoms with van der Waals surface area (Å²) in [5.74, 6) is 0.652. The van der Waals surface area contributed by atoms with Gasteiger partial charge in [-0.05, 0) is 18.2 Å². The van der Waals surface area contributed by atoms with Crippen molar-refractivity contribution in [2.75, 3.05) is 26.5 Å². The molecule has 2 rings (SSSR count). The van der Waals surface area contributed by atoms with Gasteiger partial charge in [0.25, 0.3) is 5.91 Å². The van der Waals surface area contributed by atoms with E-state index in [9.17, 15) is 4.79 Å². The van der Waals surface area contributed by atoms with Gasteiger partial charge in [0.15, 0.2) is 0 Å². The van der Waals surface area contributed by atoms with E-state index < -0.39 is 0 Å². The summed E-state index contributed by atoms with van der Waals surface area (Å²) in [4.78, 5) is 18.1. The molecule has 1 amide bonds. The second-order valence-corrected chi connectivity index (χ2v) is 4.66.